The molecule has 6 rings (SSSR count). The topological polar surface area (TPSA) is 87.8 Å². The Bertz CT molecular complexity index is 1200. The van der Waals surface area contributed by atoms with Crippen LogP contribution in [0.25, 0.3) is 0 Å². The molecule has 0 saturated carbocycles. The largest absolute Gasteiger partial charge is 0.492 e. The van der Waals surface area contributed by atoms with Crippen LogP contribution in [0.15, 0.2) is 16.9 Å². The number of H-pyrrole nitrogens is 1. The van der Waals surface area contributed by atoms with E-state index < -0.39 is 17.4 Å². The lowest BCUT2D eigenvalue weighted by Crippen LogP contribution is -2.44. The number of piperidine rings is 1. The highest BCUT2D eigenvalue weighted by atomic mass is 19.1. The highest BCUT2D eigenvalue weighted by Crippen LogP contribution is 2.46. The van der Waals surface area contributed by atoms with Gasteiger partial charge < -0.3 is 14.4 Å². The number of aromatic nitrogens is 2. The van der Waals surface area contributed by atoms with Gasteiger partial charge in [0.2, 0.25) is 5.95 Å². The number of likely N-dealkylation sites (tertiary alicyclic amines) is 1. The molecule has 2 saturated heterocycles. The van der Waals surface area contributed by atoms with Crippen molar-refractivity contribution >= 4 is 11.9 Å². The molecule has 1 N–H and O–H groups in total. The number of halogens is 1. The predicted molar refractivity (Wildman–Crippen MR) is 128 cm³/mol. The number of anilines is 1. The molecule has 186 valence electrons. The van der Waals surface area contributed by atoms with Gasteiger partial charge in [-0.3, -0.25) is 14.7 Å². The summed E-state index contributed by atoms with van der Waals surface area (Å²) in [6.45, 7) is 4.40. The first-order valence-electron chi connectivity index (χ1n) is 12.8. The monoisotopic (exact) mass is 482 g/mol. The minimum atomic E-state index is -0.990. The van der Waals surface area contributed by atoms with E-state index in [-0.39, 0.29) is 11.1 Å². The minimum absolute atomic E-state index is 0.0640. The minimum Gasteiger partial charge on any atom is -0.492 e. The summed E-state index contributed by atoms with van der Waals surface area (Å²) in [5.74, 6) is -0.0454. The van der Waals surface area contributed by atoms with Crippen LogP contribution in [0, 0.1) is 5.82 Å². The lowest BCUT2D eigenvalue weighted by molar-refractivity contribution is -0.0225. The van der Waals surface area contributed by atoms with Crippen LogP contribution in [-0.2, 0) is 23.2 Å². The van der Waals surface area contributed by atoms with Crippen LogP contribution in [-0.4, -0.2) is 60.2 Å². The van der Waals surface area contributed by atoms with E-state index in [0.29, 0.717) is 49.8 Å². The van der Waals surface area contributed by atoms with Gasteiger partial charge in [-0.1, -0.05) is 0 Å². The predicted octanol–water partition coefficient (Wildman–Crippen LogP) is 2.93. The fourth-order valence-corrected chi connectivity index (χ4v) is 6.04. The summed E-state index contributed by atoms with van der Waals surface area (Å²) < 4.78 is 27.0. The first kappa shape index (κ1) is 22.5. The van der Waals surface area contributed by atoms with E-state index in [1.54, 1.807) is 6.07 Å². The van der Waals surface area contributed by atoms with Crippen LogP contribution in [0.4, 0.5) is 10.3 Å². The molecule has 9 heteroatoms. The van der Waals surface area contributed by atoms with Crippen molar-refractivity contribution in [3.8, 4) is 5.75 Å². The maximum atomic E-state index is 15.3. The van der Waals surface area contributed by atoms with Gasteiger partial charge in [-0.05, 0) is 57.7 Å². The first-order chi connectivity index (χ1) is 17.0. The summed E-state index contributed by atoms with van der Waals surface area (Å²) >= 11 is 0. The van der Waals surface area contributed by atoms with Gasteiger partial charge >= 0.3 is 5.97 Å². The quantitative estimate of drug-likeness (QED) is 0.656. The Morgan fingerprint density at radius 3 is 2.63 bits per heavy atom. The molecule has 0 bridgehead atoms. The van der Waals surface area contributed by atoms with Crippen molar-refractivity contribution in [2.75, 3.05) is 44.2 Å². The molecule has 3 aliphatic heterocycles. The zero-order chi connectivity index (χ0) is 24.0. The number of carbonyl (C=O) groups is 1. The van der Waals surface area contributed by atoms with E-state index in [4.69, 9.17) is 14.5 Å². The van der Waals surface area contributed by atoms with E-state index in [1.807, 2.05) is 4.90 Å². The number of rotatable bonds is 5. The molecule has 0 radical (unpaired) electrons. The van der Waals surface area contributed by atoms with Crippen LogP contribution in [0.1, 0.15) is 65.7 Å². The Morgan fingerprint density at radius 2 is 1.83 bits per heavy atom. The van der Waals surface area contributed by atoms with E-state index in [1.165, 1.54) is 18.9 Å². The van der Waals surface area contributed by atoms with Gasteiger partial charge in [0.1, 0.15) is 23.8 Å². The van der Waals surface area contributed by atoms with E-state index >= 15 is 4.39 Å². The first-order valence-corrected chi connectivity index (χ1v) is 12.8. The number of esters is 1. The molecule has 1 aromatic heterocycles. The number of fused-ring (bicyclic) bond motifs is 3. The Hall–Kier alpha value is -2.94. The highest BCUT2D eigenvalue weighted by molar-refractivity contribution is 5.95. The zero-order valence-corrected chi connectivity index (χ0v) is 19.9. The molecule has 2 fully saturated rings. The van der Waals surface area contributed by atoms with E-state index in [9.17, 15) is 9.59 Å². The van der Waals surface area contributed by atoms with Crippen LogP contribution >= 0.6 is 0 Å². The fraction of sp³-hybridized carbons (Fsp3) is 0.577. The van der Waals surface area contributed by atoms with Crippen molar-refractivity contribution in [1.82, 2.24) is 14.9 Å². The number of hydrogen-bond donors (Lipinski definition) is 1. The third-order valence-electron chi connectivity index (χ3n) is 7.95. The third kappa shape index (κ3) is 4.09. The maximum Gasteiger partial charge on any atom is 0.339 e. The fourth-order valence-electron chi connectivity index (χ4n) is 6.04. The number of aromatic amines is 1. The third-order valence-corrected chi connectivity index (χ3v) is 7.95. The smallest absolute Gasteiger partial charge is 0.339 e. The Labute approximate surface area is 203 Å². The van der Waals surface area contributed by atoms with Crippen molar-refractivity contribution in [3.05, 3.63) is 50.7 Å². The standard InChI is InChI=1S/C26H31FN4O4/c27-20-16-17(34-14-13-30-9-3-4-10-30)15-19-22(20)26(35-24(19)33)7-11-31(12-8-26)25-28-21-6-2-1-5-18(21)23(32)29-25/h15-16H,1-14H2,(H,28,29,32). The van der Waals surface area contributed by atoms with Crippen molar-refractivity contribution < 1.29 is 18.7 Å². The normalized spacial score (nSPS) is 21.2. The number of hydrogen-bond acceptors (Lipinski definition) is 7. The summed E-state index contributed by atoms with van der Waals surface area (Å²) in [4.78, 5) is 37.3. The number of nitrogens with zero attached hydrogens (tertiary/aromatic N) is 3. The molecule has 0 atom stereocenters. The second-order valence-electron chi connectivity index (χ2n) is 10.1. The lowest BCUT2D eigenvalue weighted by atomic mass is 9.83. The number of aryl methyl sites for hydroxylation is 1. The lowest BCUT2D eigenvalue weighted by Gasteiger charge is -2.39. The average Bonchev–Trinajstić information content (AvgIpc) is 3.46. The number of carbonyl (C=O) groups excluding carboxylic acids is 1. The molecule has 4 aliphatic rings. The Morgan fingerprint density at radius 1 is 1.06 bits per heavy atom. The molecule has 0 unspecified atom stereocenters. The molecule has 1 aliphatic carbocycles. The summed E-state index contributed by atoms with van der Waals surface area (Å²) in [6.07, 6.45) is 6.93. The number of benzene rings is 1. The molecule has 4 heterocycles. The van der Waals surface area contributed by atoms with Gasteiger partial charge in [0, 0.05) is 49.7 Å². The molecule has 8 nitrogen and oxygen atoms in total. The molecule has 1 spiro atoms. The van der Waals surface area contributed by atoms with Crippen LogP contribution in [0.2, 0.25) is 0 Å². The van der Waals surface area contributed by atoms with Gasteiger partial charge in [-0.15, -0.1) is 0 Å². The molecule has 35 heavy (non-hydrogen) atoms. The van der Waals surface area contributed by atoms with Crippen molar-refractivity contribution in [2.24, 2.45) is 0 Å². The van der Waals surface area contributed by atoms with Gasteiger partial charge in [0.05, 0.1) is 11.3 Å². The van der Waals surface area contributed by atoms with Crippen molar-refractivity contribution in [1.29, 1.82) is 0 Å². The van der Waals surface area contributed by atoms with Crippen LogP contribution in [0.3, 0.4) is 0 Å². The molecule has 2 aromatic rings. The summed E-state index contributed by atoms with van der Waals surface area (Å²) in [7, 11) is 0. The van der Waals surface area contributed by atoms with Crippen LogP contribution < -0.4 is 15.2 Å². The Balaban J connectivity index is 1.17. The SMILES string of the molecule is O=C1OC2(CCN(c3nc4c(c(=O)[nH]3)CCCC4)CC2)c2c(F)cc(OCCN3CCCC3)cc21. The van der Waals surface area contributed by atoms with E-state index in [0.717, 1.165) is 56.6 Å². The zero-order valence-electron chi connectivity index (χ0n) is 19.9. The number of ether oxygens (including phenoxy) is 2. The molecular weight excluding hydrogens is 451 g/mol. The summed E-state index contributed by atoms with van der Waals surface area (Å²) in [5, 5.41) is 0. The summed E-state index contributed by atoms with van der Waals surface area (Å²) in [5.41, 5.74) is 1.22. The Kier molecular flexibility index (Phi) is 5.75. The van der Waals surface area contributed by atoms with Crippen molar-refractivity contribution in [3.63, 3.8) is 0 Å². The van der Waals surface area contributed by atoms with Gasteiger partial charge in [-0.25, -0.2) is 14.2 Å². The molecule has 0 amide bonds. The average molecular weight is 483 g/mol. The molecular formula is C26H31FN4O4. The van der Waals surface area contributed by atoms with E-state index in [2.05, 4.69) is 9.88 Å². The second kappa shape index (κ2) is 8.93. The number of nitrogens with one attached hydrogen (secondary N) is 1. The summed E-state index contributed by atoms with van der Waals surface area (Å²) in [6, 6.07) is 3.00. The maximum absolute atomic E-state index is 15.3. The van der Waals surface area contributed by atoms with Gasteiger partial charge in [-0.2, -0.15) is 0 Å². The second-order valence-corrected chi connectivity index (χ2v) is 10.1. The highest BCUT2D eigenvalue weighted by Gasteiger charge is 2.50. The van der Waals surface area contributed by atoms with Crippen LogP contribution in [0.5, 0.6) is 5.75 Å². The van der Waals surface area contributed by atoms with Crippen molar-refractivity contribution in [2.45, 2.75) is 57.0 Å². The van der Waals surface area contributed by atoms with Gasteiger partial charge in [0.25, 0.3) is 5.56 Å². The molecule has 1 aromatic carbocycles. The van der Waals surface area contributed by atoms with Gasteiger partial charge in [0.15, 0.2) is 0 Å².